The van der Waals surface area contributed by atoms with E-state index in [0.29, 0.717) is 30.2 Å². The summed E-state index contributed by atoms with van der Waals surface area (Å²) in [5.74, 6) is 1.39. The van der Waals surface area contributed by atoms with Crippen LogP contribution in [0.2, 0.25) is 0 Å². The van der Waals surface area contributed by atoms with Gasteiger partial charge in [-0.1, -0.05) is 54.1 Å². The van der Waals surface area contributed by atoms with E-state index in [9.17, 15) is 4.79 Å². The van der Waals surface area contributed by atoms with Crippen LogP contribution in [0.4, 0.5) is 0 Å². The highest BCUT2D eigenvalue weighted by Crippen LogP contribution is 2.34. The Morgan fingerprint density at radius 2 is 1.59 bits per heavy atom. The fourth-order valence-corrected chi connectivity index (χ4v) is 4.67. The van der Waals surface area contributed by atoms with Gasteiger partial charge in [0, 0.05) is 31.7 Å². The molecule has 2 aliphatic rings. The summed E-state index contributed by atoms with van der Waals surface area (Å²) in [7, 11) is 0. The van der Waals surface area contributed by atoms with E-state index in [1.807, 2.05) is 17.0 Å². The second-order valence-corrected chi connectivity index (χ2v) is 8.57. The normalized spacial score (nSPS) is 16.8. The third-order valence-corrected chi connectivity index (χ3v) is 6.43. The largest absolute Gasteiger partial charge is 0.454 e. The van der Waals surface area contributed by atoms with Crippen molar-refractivity contribution in [3.8, 4) is 11.5 Å². The average Bonchev–Trinajstić information content (AvgIpc) is 3.30. The maximum Gasteiger partial charge on any atom is 0.254 e. The molecule has 2 aliphatic heterocycles. The van der Waals surface area contributed by atoms with Crippen LogP contribution < -0.4 is 9.47 Å². The van der Waals surface area contributed by atoms with Crippen LogP contribution in [0.3, 0.4) is 0 Å². The summed E-state index contributed by atoms with van der Waals surface area (Å²) in [6.45, 7) is 7.58. The number of carbonyl (C=O) groups excluding carboxylic acids is 1. The maximum absolute atomic E-state index is 13.1. The first-order chi connectivity index (χ1) is 15.6. The molecule has 1 atom stereocenters. The predicted molar refractivity (Wildman–Crippen MR) is 124 cm³/mol. The van der Waals surface area contributed by atoms with Crippen molar-refractivity contribution in [3.63, 3.8) is 0 Å². The summed E-state index contributed by atoms with van der Waals surface area (Å²) in [6, 6.07) is 23.0. The van der Waals surface area contributed by atoms with E-state index in [2.05, 4.69) is 67.3 Å². The second-order valence-electron chi connectivity index (χ2n) is 8.57. The first-order valence-corrected chi connectivity index (χ1v) is 11.2. The lowest BCUT2D eigenvalue weighted by atomic mass is 9.92. The number of nitrogens with zero attached hydrogens (tertiary/aromatic N) is 2. The fourth-order valence-electron chi connectivity index (χ4n) is 4.67. The van der Waals surface area contributed by atoms with Crippen LogP contribution in [-0.2, 0) is 0 Å². The molecule has 0 bridgehead atoms. The highest BCUT2D eigenvalue weighted by atomic mass is 16.7. The quantitative estimate of drug-likeness (QED) is 0.610. The van der Waals surface area contributed by atoms with Gasteiger partial charge in [-0.25, -0.2) is 0 Å². The van der Waals surface area contributed by atoms with Gasteiger partial charge in [0.25, 0.3) is 5.91 Å². The van der Waals surface area contributed by atoms with Gasteiger partial charge in [-0.15, -0.1) is 0 Å². The van der Waals surface area contributed by atoms with E-state index in [4.69, 9.17) is 9.47 Å². The Balaban J connectivity index is 1.36. The van der Waals surface area contributed by atoms with Gasteiger partial charge in [-0.2, -0.15) is 0 Å². The van der Waals surface area contributed by atoms with E-state index in [-0.39, 0.29) is 18.7 Å². The summed E-state index contributed by atoms with van der Waals surface area (Å²) in [4.78, 5) is 17.6. The van der Waals surface area contributed by atoms with Gasteiger partial charge >= 0.3 is 0 Å². The first-order valence-electron chi connectivity index (χ1n) is 11.2. The zero-order valence-corrected chi connectivity index (χ0v) is 18.6. The van der Waals surface area contributed by atoms with Crippen LogP contribution >= 0.6 is 0 Å². The number of rotatable bonds is 4. The summed E-state index contributed by atoms with van der Waals surface area (Å²) >= 11 is 0. The average molecular weight is 429 g/mol. The zero-order valence-electron chi connectivity index (χ0n) is 18.6. The lowest BCUT2D eigenvalue weighted by Crippen LogP contribution is -2.50. The minimum absolute atomic E-state index is 0.0472. The smallest absolute Gasteiger partial charge is 0.254 e. The second kappa shape index (κ2) is 8.67. The number of ether oxygens (including phenoxy) is 2. The van der Waals surface area contributed by atoms with Gasteiger partial charge in [-0.05, 0) is 48.7 Å². The van der Waals surface area contributed by atoms with Crippen molar-refractivity contribution >= 4 is 5.91 Å². The molecule has 1 fully saturated rings. The molecule has 5 heteroatoms. The van der Waals surface area contributed by atoms with Crippen LogP contribution in [0, 0.1) is 13.8 Å². The number of hydrogen-bond donors (Lipinski definition) is 0. The van der Waals surface area contributed by atoms with Gasteiger partial charge in [0.1, 0.15) is 0 Å². The molecule has 0 unspecified atom stereocenters. The molecule has 0 saturated carbocycles. The lowest BCUT2D eigenvalue weighted by molar-refractivity contribution is 0.0596. The summed E-state index contributed by atoms with van der Waals surface area (Å²) in [5, 5.41) is 0. The van der Waals surface area contributed by atoms with E-state index >= 15 is 0 Å². The molecule has 3 aromatic carbocycles. The van der Waals surface area contributed by atoms with Crippen molar-refractivity contribution in [3.05, 3.63) is 94.5 Å². The van der Waals surface area contributed by atoms with Crippen LogP contribution in [0.25, 0.3) is 0 Å². The Morgan fingerprint density at radius 1 is 0.844 bits per heavy atom. The predicted octanol–water partition coefficient (Wildman–Crippen LogP) is 4.58. The molecule has 1 amide bonds. The maximum atomic E-state index is 13.1. The molecule has 0 radical (unpaired) electrons. The monoisotopic (exact) mass is 428 g/mol. The van der Waals surface area contributed by atoms with Crippen molar-refractivity contribution in [1.29, 1.82) is 0 Å². The van der Waals surface area contributed by atoms with E-state index in [0.717, 1.165) is 13.1 Å². The number of benzene rings is 3. The summed E-state index contributed by atoms with van der Waals surface area (Å²) in [6.07, 6.45) is 0. The SMILES string of the molecule is Cc1ccc(C)c([C@@H](c2ccccc2)N2CCN(C(=O)c3ccc4c(c3)OCO4)CC2)c1. The van der Waals surface area contributed by atoms with Crippen molar-refractivity contribution in [2.75, 3.05) is 33.0 Å². The molecule has 0 aliphatic carbocycles. The highest BCUT2D eigenvalue weighted by molar-refractivity contribution is 5.95. The van der Waals surface area contributed by atoms with Crippen LogP contribution in [0.5, 0.6) is 11.5 Å². The number of fused-ring (bicyclic) bond motifs is 1. The van der Waals surface area contributed by atoms with Crippen molar-refractivity contribution in [1.82, 2.24) is 9.80 Å². The number of carbonyl (C=O) groups is 1. The molecule has 32 heavy (non-hydrogen) atoms. The third-order valence-electron chi connectivity index (χ3n) is 6.43. The van der Waals surface area contributed by atoms with Gasteiger partial charge in [-0.3, -0.25) is 9.69 Å². The third kappa shape index (κ3) is 3.96. The van der Waals surface area contributed by atoms with Crippen molar-refractivity contribution in [2.24, 2.45) is 0 Å². The van der Waals surface area contributed by atoms with Crippen molar-refractivity contribution in [2.45, 2.75) is 19.9 Å². The van der Waals surface area contributed by atoms with Crippen LogP contribution in [0.15, 0.2) is 66.7 Å². The van der Waals surface area contributed by atoms with Crippen molar-refractivity contribution < 1.29 is 14.3 Å². The number of hydrogen-bond acceptors (Lipinski definition) is 4. The molecular weight excluding hydrogens is 400 g/mol. The summed E-state index contributed by atoms with van der Waals surface area (Å²) < 4.78 is 10.8. The molecule has 5 nitrogen and oxygen atoms in total. The zero-order chi connectivity index (χ0) is 22.1. The Bertz CT molecular complexity index is 1120. The first kappa shape index (κ1) is 20.6. The Kier molecular flexibility index (Phi) is 5.58. The van der Waals surface area contributed by atoms with Gasteiger partial charge in [0.15, 0.2) is 11.5 Å². The number of piperazine rings is 1. The molecule has 0 aromatic heterocycles. The number of amides is 1. The van der Waals surface area contributed by atoms with E-state index in [1.54, 1.807) is 6.07 Å². The number of aryl methyl sites for hydroxylation is 2. The fraction of sp³-hybridized carbons (Fsp3) is 0.296. The van der Waals surface area contributed by atoms with Gasteiger partial charge in [0.2, 0.25) is 6.79 Å². The van der Waals surface area contributed by atoms with Crippen LogP contribution in [-0.4, -0.2) is 48.7 Å². The van der Waals surface area contributed by atoms with Gasteiger partial charge in [0.05, 0.1) is 6.04 Å². The lowest BCUT2D eigenvalue weighted by Gasteiger charge is -2.40. The standard InChI is InChI=1S/C27H28N2O3/c1-19-8-9-20(2)23(16-19)26(21-6-4-3-5-7-21)28-12-14-29(15-13-28)27(30)22-10-11-24-25(17-22)32-18-31-24/h3-11,16-17,26H,12-15,18H2,1-2H3/t26-/m1/s1. The molecule has 5 rings (SSSR count). The van der Waals surface area contributed by atoms with Crippen LogP contribution in [0.1, 0.15) is 38.7 Å². The topological polar surface area (TPSA) is 42.0 Å². The minimum atomic E-state index is 0.0472. The molecule has 2 heterocycles. The molecular formula is C27H28N2O3. The molecule has 0 N–H and O–H groups in total. The summed E-state index contributed by atoms with van der Waals surface area (Å²) in [5.41, 5.74) is 5.84. The highest BCUT2D eigenvalue weighted by Gasteiger charge is 2.30. The van der Waals surface area contributed by atoms with E-state index in [1.165, 1.54) is 22.3 Å². The molecule has 1 saturated heterocycles. The van der Waals surface area contributed by atoms with Gasteiger partial charge < -0.3 is 14.4 Å². The molecule has 0 spiro atoms. The van der Waals surface area contributed by atoms with E-state index < -0.39 is 0 Å². The Hall–Kier alpha value is -3.31. The Morgan fingerprint density at radius 3 is 2.38 bits per heavy atom. The Labute approximate surface area is 189 Å². The molecule has 164 valence electrons. The molecule has 3 aromatic rings. The minimum Gasteiger partial charge on any atom is -0.454 e.